The molecule has 1 amide bonds. The summed E-state index contributed by atoms with van der Waals surface area (Å²) in [5, 5.41) is 1.43. The van der Waals surface area contributed by atoms with E-state index in [9.17, 15) is 9.59 Å². The van der Waals surface area contributed by atoms with Crippen molar-refractivity contribution in [1.29, 1.82) is 0 Å². The molecule has 0 saturated heterocycles. The second kappa shape index (κ2) is 9.93. The first-order valence-electron chi connectivity index (χ1n) is 12.9. The lowest BCUT2D eigenvalue weighted by atomic mass is 9.54. The fourth-order valence-corrected chi connectivity index (χ4v) is 7.86. The average Bonchev–Trinajstić information content (AvgIpc) is 2.85. The number of hydrogen-bond donors (Lipinski definition) is 1. The van der Waals surface area contributed by atoms with Crippen LogP contribution in [0.3, 0.4) is 0 Å². The first-order valence-corrected chi connectivity index (χ1v) is 13.9. The molecule has 0 aromatic heterocycles. The number of rotatable bonds is 7. The summed E-state index contributed by atoms with van der Waals surface area (Å²) in [5.41, 5.74) is 10.9. The van der Waals surface area contributed by atoms with Crippen LogP contribution in [0.2, 0.25) is 0 Å². The third kappa shape index (κ3) is 4.66. The summed E-state index contributed by atoms with van der Waals surface area (Å²) in [4.78, 5) is 22.8. The molecule has 0 spiro atoms. The number of methoxy groups -OCH3 is 1. The van der Waals surface area contributed by atoms with E-state index in [1.165, 1.54) is 43.2 Å². The number of fused-ring (bicyclic) bond motifs is 3. The van der Waals surface area contributed by atoms with Gasteiger partial charge in [0.15, 0.2) is 5.62 Å². The second-order valence-corrected chi connectivity index (χ2v) is 12.1. The molecule has 2 saturated carbocycles. The van der Waals surface area contributed by atoms with Crippen LogP contribution in [-0.4, -0.2) is 18.6 Å². The molecule has 0 heterocycles. The third-order valence-corrected chi connectivity index (χ3v) is 9.24. The number of thioether (sulfide) groups is 1. The van der Waals surface area contributed by atoms with Crippen molar-refractivity contribution < 1.29 is 14.3 Å². The van der Waals surface area contributed by atoms with Gasteiger partial charge in [0.2, 0.25) is 5.91 Å². The highest BCUT2D eigenvalue weighted by molar-refractivity contribution is 8.12. The van der Waals surface area contributed by atoms with Crippen LogP contribution < -0.4 is 10.5 Å². The van der Waals surface area contributed by atoms with Gasteiger partial charge in [-0.05, 0) is 107 Å². The van der Waals surface area contributed by atoms with E-state index in [1.807, 2.05) is 18.2 Å². The fraction of sp³-hybridized carbons (Fsp3) is 0.419. The Bertz CT molecular complexity index is 1280. The predicted octanol–water partition coefficient (Wildman–Crippen LogP) is 7.07. The van der Waals surface area contributed by atoms with Crippen LogP contribution in [0.15, 0.2) is 54.6 Å². The largest absolute Gasteiger partial charge is 0.496 e. The molecule has 2 bridgehead atoms. The lowest BCUT2D eigenvalue weighted by Crippen LogP contribution is -2.42. The van der Waals surface area contributed by atoms with E-state index in [4.69, 9.17) is 10.5 Å². The first-order chi connectivity index (χ1) is 17.3. The maximum absolute atomic E-state index is 11.8. The Morgan fingerprint density at radius 1 is 0.972 bits per heavy atom. The Kier molecular flexibility index (Phi) is 6.86. The van der Waals surface area contributed by atoms with Gasteiger partial charge in [0.05, 0.1) is 7.11 Å². The molecule has 5 heteroatoms. The topological polar surface area (TPSA) is 69.4 Å². The highest BCUT2D eigenvalue weighted by Gasteiger charge is 2.46. The van der Waals surface area contributed by atoms with Crippen molar-refractivity contribution in [3.8, 4) is 16.9 Å². The molecule has 4 nitrogen and oxygen atoms in total. The van der Waals surface area contributed by atoms with E-state index in [1.54, 1.807) is 7.11 Å². The van der Waals surface area contributed by atoms with Crippen molar-refractivity contribution in [1.82, 2.24) is 0 Å². The van der Waals surface area contributed by atoms with Gasteiger partial charge in [0, 0.05) is 5.56 Å². The number of nitrogens with two attached hydrogens (primary N) is 1. The number of ether oxygens (including phenoxy) is 1. The number of benzene rings is 3. The van der Waals surface area contributed by atoms with Gasteiger partial charge >= 0.3 is 0 Å². The summed E-state index contributed by atoms with van der Waals surface area (Å²) < 4.78 is 5.93. The maximum atomic E-state index is 11.8. The fourth-order valence-electron chi connectivity index (χ4n) is 7.31. The van der Waals surface area contributed by atoms with E-state index in [-0.39, 0.29) is 5.41 Å². The zero-order valence-corrected chi connectivity index (χ0v) is 22.1. The zero-order valence-electron chi connectivity index (χ0n) is 21.3. The molecule has 0 radical (unpaired) electrons. The smallest absolute Gasteiger partial charge is 0.235 e. The van der Waals surface area contributed by atoms with Crippen LogP contribution >= 0.6 is 11.8 Å². The minimum absolute atomic E-state index is 0.188. The molecular formula is C31H35NO3S. The van der Waals surface area contributed by atoms with Gasteiger partial charge in [-0.15, -0.1) is 0 Å². The summed E-state index contributed by atoms with van der Waals surface area (Å²) in [5.74, 6) is 2.78. The third-order valence-electron chi connectivity index (χ3n) is 8.35. The van der Waals surface area contributed by atoms with E-state index in [0.717, 1.165) is 57.2 Å². The van der Waals surface area contributed by atoms with Crippen LogP contribution in [0.1, 0.15) is 62.3 Å². The molecule has 3 atom stereocenters. The highest BCUT2D eigenvalue weighted by atomic mass is 32.2. The van der Waals surface area contributed by atoms with Crippen LogP contribution in [0, 0.1) is 17.8 Å². The Hall–Kier alpha value is -2.79. The van der Waals surface area contributed by atoms with Crippen LogP contribution in [-0.2, 0) is 15.0 Å². The van der Waals surface area contributed by atoms with Gasteiger partial charge in [-0.3, -0.25) is 9.59 Å². The van der Waals surface area contributed by atoms with Crippen molar-refractivity contribution >= 4 is 34.1 Å². The van der Waals surface area contributed by atoms with Crippen molar-refractivity contribution in [3.05, 3.63) is 65.7 Å². The minimum Gasteiger partial charge on any atom is -0.496 e. The minimum atomic E-state index is -0.672. The summed E-state index contributed by atoms with van der Waals surface area (Å²) >= 11 is 0.905. The zero-order chi connectivity index (χ0) is 25.4. The standard InChI is InChI=1S/C31H35NO3S/c1-19-10-21-11-20(2)16-31(15-19,17-21)27-14-25(8-9-28(27)35-3)23-4-5-24-13-26(7-6-22(24)12-23)29(30(32)34)36-18-33/h4-9,12-14,18-21,29H,10-11,15-17H2,1-3H3,(H2,32,34). The monoisotopic (exact) mass is 501 g/mol. The van der Waals surface area contributed by atoms with Crippen molar-refractivity contribution in [2.24, 2.45) is 23.5 Å². The molecule has 36 heavy (non-hydrogen) atoms. The number of carbonyl (C=O) groups is 2. The Labute approximate surface area is 218 Å². The number of carbonyl (C=O) groups excluding carboxylic acids is 2. The van der Waals surface area contributed by atoms with E-state index in [0.29, 0.717) is 5.62 Å². The van der Waals surface area contributed by atoms with Crippen molar-refractivity contribution in [3.63, 3.8) is 0 Å². The molecule has 0 aliphatic heterocycles. The van der Waals surface area contributed by atoms with Gasteiger partial charge < -0.3 is 10.5 Å². The molecule has 2 N–H and O–H groups in total. The molecular weight excluding hydrogens is 466 g/mol. The molecule has 3 unspecified atom stereocenters. The van der Waals surface area contributed by atoms with Crippen molar-refractivity contribution in [2.75, 3.05) is 7.11 Å². The summed E-state index contributed by atoms with van der Waals surface area (Å²) in [6.45, 7) is 4.84. The Morgan fingerprint density at radius 3 is 2.28 bits per heavy atom. The van der Waals surface area contributed by atoms with E-state index < -0.39 is 11.2 Å². The summed E-state index contributed by atoms with van der Waals surface area (Å²) in [7, 11) is 1.79. The molecule has 3 aromatic rings. The lowest BCUT2D eigenvalue weighted by molar-refractivity contribution is -0.117. The van der Waals surface area contributed by atoms with Crippen LogP contribution in [0.4, 0.5) is 0 Å². The first kappa shape index (κ1) is 24.9. The quantitative estimate of drug-likeness (QED) is 0.352. The van der Waals surface area contributed by atoms with E-state index >= 15 is 0 Å². The van der Waals surface area contributed by atoms with Crippen molar-refractivity contribution in [2.45, 2.75) is 56.6 Å². The molecule has 188 valence electrons. The van der Waals surface area contributed by atoms with Crippen LogP contribution in [0.25, 0.3) is 21.9 Å². The van der Waals surface area contributed by atoms with E-state index in [2.05, 4.69) is 50.2 Å². The molecule has 2 aliphatic carbocycles. The molecule has 2 fully saturated rings. The van der Waals surface area contributed by atoms with Gasteiger partial charge in [-0.2, -0.15) is 0 Å². The maximum Gasteiger partial charge on any atom is 0.235 e. The van der Waals surface area contributed by atoms with Gasteiger partial charge in [-0.25, -0.2) is 0 Å². The SMILES string of the molecule is COc1ccc(-c2ccc3cc(C(SC=O)C(N)=O)ccc3c2)cc1C12CC(C)CC(CC(C)C1)C2. The van der Waals surface area contributed by atoms with Gasteiger partial charge in [0.1, 0.15) is 11.0 Å². The predicted molar refractivity (Wildman–Crippen MR) is 149 cm³/mol. The normalized spacial score (nSPS) is 26.4. The highest BCUT2D eigenvalue weighted by Crippen LogP contribution is 2.56. The molecule has 3 aromatic carbocycles. The second-order valence-electron chi connectivity index (χ2n) is 11.2. The summed E-state index contributed by atoms with van der Waals surface area (Å²) in [6.07, 6.45) is 6.43. The van der Waals surface area contributed by atoms with Gasteiger partial charge in [0.25, 0.3) is 0 Å². The number of amides is 1. The Morgan fingerprint density at radius 2 is 1.61 bits per heavy atom. The average molecular weight is 502 g/mol. The van der Waals surface area contributed by atoms with Gasteiger partial charge in [-0.1, -0.05) is 55.9 Å². The molecule has 5 rings (SSSR count). The van der Waals surface area contributed by atoms with Crippen LogP contribution in [0.5, 0.6) is 5.75 Å². The lowest BCUT2D eigenvalue weighted by Gasteiger charge is -2.50. The Balaban J connectivity index is 1.54. The summed E-state index contributed by atoms with van der Waals surface area (Å²) in [6, 6.07) is 19.0. The molecule has 2 aliphatic rings. The number of hydrogen-bond acceptors (Lipinski definition) is 4. The number of primary amides is 1.